The molecule has 0 aromatic carbocycles. The third-order valence-electron chi connectivity index (χ3n) is 2.83. The summed E-state index contributed by atoms with van der Waals surface area (Å²) < 4.78 is 6.49. The lowest BCUT2D eigenvalue weighted by atomic mass is 10.2. The molecule has 1 aliphatic rings. The van der Waals surface area contributed by atoms with Crippen LogP contribution in [-0.2, 0) is 16.1 Å². The maximum absolute atomic E-state index is 11.7. The van der Waals surface area contributed by atoms with E-state index < -0.39 is 0 Å². The molecule has 1 aliphatic heterocycles. The standard InChI is InChI=1S/C11H15BrN2O2S/c1-13-11(15)9-7-16-4-3-14(9)6-10-8(12)2-5-17-10/h2,5,9H,3-4,6-7H2,1H3,(H,13,15). The minimum absolute atomic E-state index is 0.0254. The lowest BCUT2D eigenvalue weighted by molar-refractivity contribution is -0.132. The highest BCUT2D eigenvalue weighted by Gasteiger charge is 2.29. The van der Waals surface area contributed by atoms with Crippen LogP contribution in [0.2, 0.25) is 0 Å². The number of halogens is 1. The van der Waals surface area contributed by atoms with Crippen molar-refractivity contribution in [2.45, 2.75) is 12.6 Å². The average Bonchev–Trinajstić information content (AvgIpc) is 2.75. The van der Waals surface area contributed by atoms with Crippen molar-refractivity contribution < 1.29 is 9.53 Å². The van der Waals surface area contributed by atoms with E-state index in [0.717, 1.165) is 17.6 Å². The van der Waals surface area contributed by atoms with Crippen molar-refractivity contribution in [3.8, 4) is 0 Å². The maximum atomic E-state index is 11.7. The van der Waals surface area contributed by atoms with E-state index in [4.69, 9.17) is 4.74 Å². The number of hydrogen-bond acceptors (Lipinski definition) is 4. The van der Waals surface area contributed by atoms with Crippen LogP contribution in [0.5, 0.6) is 0 Å². The first kappa shape index (κ1) is 13.0. The number of likely N-dealkylation sites (N-methyl/N-ethyl adjacent to an activating group) is 1. The van der Waals surface area contributed by atoms with Crippen molar-refractivity contribution in [2.75, 3.05) is 26.8 Å². The normalized spacial score (nSPS) is 21.4. The summed E-state index contributed by atoms with van der Waals surface area (Å²) in [4.78, 5) is 15.2. The van der Waals surface area contributed by atoms with Crippen molar-refractivity contribution in [2.24, 2.45) is 0 Å². The number of hydrogen-bond donors (Lipinski definition) is 1. The number of carbonyl (C=O) groups is 1. The summed E-state index contributed by atoms with van der Waals surface area (Å²) >= 11 is 5.22. The molecule has 0 bridgehead atoms. The van der Waals surface area contributed by atoms with Crippen LogP contribution in [0, 0.1) is 0 Å². The molecule has 0 spiro atoms. The van der Waals surface area contributed by atoms with E-state index in [1.165, 1.54) is 4.88 Å². The predicted molar refractivity (Wildman–Crippen MR) is 71.1 cm³/mol. The van der Waals surface area contributed by atoms with Crippen molar-refractivity contribution in [3.63, 3.8) is 0 Å². The van der Waals surface area contributed by atoms with Gasteiger partial charge in [-0.3, -0.25) is 9.69 Å². The van der Waals surface area contributed by atoms with Gasteiger partial charge in [0.2, 0.25) is 5.91 Å². The quantitative estimate of drug-likeness (QED) is 0.917. The van der Waals surface area contributed by atoms with Crippen molar-refractivity contribution >= 4 is 33.2 Å². The Kier molecular flexibility index (Phi) is 4.55. The molecule has 6 heteroatoms. The largest absolute Gasteiger partial charge is 0.378 e. The van der Waals surface area contributed by atoms with Gasteiger partial charge in [-0.15, -0.1) is 11.3 Å². The van der Waals surface area contributed by atoms with Gasteiger partial charge in [-0.25, -0.2) is 0 Å². The molecule has 0 aliphatic carbocycles. The van der Waals surface area contributed by atoms with Crippen LogP contribution in [0.3, 0.4) is 0 Å². The number of rotatable bonds is 3. The van der Waals surface area contributed by atoms with E-state index in [0.29, 0.717) is 13.2 Å². The molecule has 2 heterocycles. The van der Waals surface area contributed by atoms with E-state index in [2.05, 4.69) is 31.5 Å². The fourth-order valence-corrected chi connectivity index (χ4v) is 3.36. The monoisotopic (exact) mass is 318 g/mol. The second kappa shape index (κ2) is 5.95. The summed E-state index contributed by atoms with van der Waals surface area (Å²) in [5, 5.41) is 4.74. The molecule has 1 N–H and O–H groups in total. The molecule has 4 nitrogen and oxygen atoms in total. The molecule has 1 aromatic heterocycles. The van der Waals surface area contributed by atoms with Gasteiger partial charge in [0, 0.05) is 29.5 Å². The Labute approximate surface area is 113 Å². The van der Waals surface area contributed by atoms with Crippen LogP contribution in [0.15, 0.2) is 15.9 Å². The molecule has 94 valence electrons. The van der Waals surface area contributed by atoms with Gasteiger partial charge >= 0.3 is 0 Å². The van der Waals surface area contributed by atoms with Crippen LogP contribution in [0.25, 0.3) is 0 Å². The van der Waals surface area contributed by atoms with E-state index in [-0.39, 0.29) is 11.9 Å². The number of nitrogens with one attached hydrogen (secondary N) is 1. The first-order chi connectivity index (χ1) is 8.22. The molecule has 17 heavy (non-hydrogen) atoms. The lowest BCUT2D eigenvalue weighted by Gasteiger charge is -2.33. The summed E-state index contributed by atoms with van der Waals surface area (Å²) in [6.07, 6.45) is 0. The zero-order chi connectivity index (χ0) is 12.3. The van der Waals surface area contributed by atoms with Crippen LogP contribution in [0.4, 0.5) is 0 Å². The number of ether oxygens (including phenoxy) is 1. The Morgan fingerprint density at radius 2 is 2.59 bits per heavy atom. The minimum atomic E-state index is -0.178. The van der Waals surface area contributed by atoms with Crippen LogP contribution < -0.4 is 5.32 Å². The fourth-order valence-electron chi connectivity index (χ4n) is 1.86. The fraction of sp³-hybridized carbons (Fsp3) is 0.545. The SMILES string of the molecule is CNC(=O)C1COCCN1Cc1sccc1Br. The highest BCUT2D eigenvalue weighted by atomic mass is 79.9. The molecule has 1 fully saturated rings. The molecule has 1 saturated heterocycles. The van der Waals surface area contributed by atoms with Gasteiger partial charge in [0.25, 0.3) is 0 Å². The summed E-state index contributed by atoms with van der Waals surface area (Å²) in [5.41, 5.74) is 0. The Morgan fingerprint density at radius 1 is 1.76 bits per heavy atom. The molecule has 1 amide bonds. The number of thiophene rings is 1. The van der Waals surface area contributed by atoms with Gasteiger partial charge in [-0.05, 0) is 27.4 Å². The predicted octanol–water partition coefficient (Wildman–Crippen LogP) is 1.46. The van der Waals surface area contributed by atoms with Gasteiger partial charge in [-0.1, -0.05) is 0 Å². The van der Waals surface area contributed by atoms with Crippen molar-refractivity contribution in [1.82, 2.24) is 10.2 Å². The van der Waals surface area contributed by atoms with Crippen LogP contribution in [-0.4, -0.2) is 43.7 Å². The minimum Gasteiger partial charge on any atom is -0.378 e. The number of nitrogens with zero attached hydrogens (tertiary/aromatic N) is 1. The smallest absolute Gasteiger partial charge is 0.239 e. The lowest BCUT2D eigenvalue weighted by Crippen LogP contribution is -2.52. The van der Waals surface area contributed by atoms with E-state index >= 15 is 0 Å². The molecule has 1 aromatic rings. The Bertz CT molecular complexity index is 397. The molecular weight excluding hydrogens is 304 g/mol. The highest BCUT2D eigenvalue weighted by Crippen LogP contribution is 2.25. The van der Waals surface area contributed by atoms with Crippen molar-refractivity contribution in [3.05, 3.63) is 20.8 Å². The molecule has 2 rings (SSSR count). The molecule has 1 atom stereocenters. The van der Waals surface area contributed by atoms with E-state index in [1.54, 1.807) is 18.4 Å². The van der Waals surface area contributed by atoms with Gasteiger partial charge < -0.3 is 10.1 Å². The zero-order valence-electron chi connectivity index (χ0n) is 9.61. The van der Waals surface area contributed by atoms with E-state index in [9.17, 15) is 4.79 Å². The van der Waals surface area contributed by atoms with Gasteiger partial charge in [0.15, 0.2) is 0 Å². The number of morpholine rings is 1. The molecule has 0 radical (unpaired) electrons. The average molecular weight is 319 g/mol. The van der Waals surface area contributed by atoms with Crippen molar-refractivity contribution in [1.29, 1.82) is 0 Å². The van der Waals surface area contributed by atoms with Crippen LogP contribution in [0.1, 0.15) is 4.88 Å². The van der Waals surface area contributed by atoms with E-state index in [1.807, 2.05) is 6.07 Å². The van der Waals surface area contributed by atoms with Crippen LogP contribution >= 0.6 is 27.3 Å². The first-order valence-corrected chi connectivity index (χ1v) is 7.15. The zero-order valence-corrected chi connectivity index (χ0v) is 12.0. The number of amides is 1. The highest BCUT2D eigenvalue weighted by molar-refractivity contribution is 9.10. The van der Waals surface area contributed by atoms with Gasteiger partial charge in [0.05, 0.1) is 13.2 Å². The summed E-state index contributed by atoms with van der Waals surface area (Å²) in [6.45, 7) is 2.75. The summed E-state index contributed by atoms with van der Waals surface area (Å²) in [7, 11) is 1.66. The Balaban J connectivity index is 2.06. The third kappa shape index (κ3) is 3.07. The Morgan fingerprint density at radius 3 is 3.24 bits per heavy atom. The third-order valence-corrected chi connectivity index (χ3v) is 4.74. The molecular formula is C11H15BrN2O2S. The van der Waals surface area contributed by atoms with Gasteiger partial charge in [0.1, 0.15) is 6.04 Å². The maximum Gasteiger partial charge on any atom is 0.239 e. The summed E-state index contributed by atoms with van der Waals surface area (Å²) in [5.74, 6) is 0.0254. The Hall–Kier alpha value is -0.430. The first-order valence-electron chi connectivity index (χ1n) is 5.47. The second-order valence-electron chi connectivity index (χ2n) is 3.87. The molecule has 0 saturated carbocycles. The second-order valence-corrected chi connectivity index (χ2v) is 5.72. The summed E-state index contributed by atoms with van der Waals surface area (Å²) in [6, 6.07) is 1.86. The topological polar surface area (TPSA) is 41.6 Å². The molecule has 1 unspecified atom stereocenters. The number of carbonyl (C=O) groups excluding carboxylic acids is 1. The van der Waals surface area contributed by atoms with Gasteiger partial charge in [-0.2, -0.15) is 0 Å².